The highest BCUT2D eigenvalue weighted by atomic mass is 15.3. The van der Waals surface area contributed by atoms with Crippen LogP contribution in [0, 0.1) is 13.8 Å². The fourth-order valence-electron chi connectivity index (χ4n) is 4.27. The van der Waals surface area contributed by atoms with E-state index in [4.69, 9.17) is 5.10 Å². The number of rotatable bonds is 4. The number of aromatic nitrogens is 2. The minimum atomic E-state index is 1.05. The van der Waals surface area contributed by atoms with Gasteiger partial charge >= 0.3 is 0 Å². The highest BCUT2D eigenvalue weighted by Crippen LogP contribution is 2.29. The van der Waals surface area contributed by atoms with Gasteiger partial charge in [-0.25, -0.2) is 4.68 Å². The van der Waals surface area contributed by atoms with Crippen LogP contribution >= 0.6 is 0 Å². The first-order chi connectivity index (χ1) is 12.7. The Kier molecular flexibility index (Phi) is 5.30. The van der Waals surface area contributed by atoms with Gasteiger partial charge in [0.25, 0.3) is 0 Å². The zero-order valence-corrected chi connectivity index (χ0v) is 16.4. The van der Waals surface area contributed by atoms with Crippen LogP contribution in [0.5, 0.6) is 0 Å². The number of fused-ring (bicyclic) bond motifs is 1. The van der Waals surface area contributed by atoms with E-state index in [0.717, 1.165) is 25.9 Å². The minimum absolute atomic E-state index is 1.05. The SMILES string of the molecule is Cc1ccc(-n2nc(CCN3CCCCC3)c3c2NCCCC3)cc1C. The third-order valence-electron chi connectivity index (χ3n) is 6.06. The molecule has 0 radical (unpaired) electrons. The number of piperidine rings is 1. The van der Waals surface area contributed by atoms with Crippen molar-refractivity contribution in [1.29, 1.82) is 0 Å². The first-order valence-corrected chi connectivity index (χ1v) is 10.4. The fourth-order valence-corrected chi connectivity index (χ4v) is 4.27. The van der Waals surface area contributed by atoms with E-state index in [1.165, 1.54) is 79.1 Å². The lowest BCUT2D eigenvalue weighted by atomic mass is 10.1. The van der Waals surface area contributed by atoms with Gasteiger partial charge in [-0.1, -0.05) is 12.5 Å². The molecule has 1 fully saturated rings. The van der Waals surface area contributed by atoms with Gasteiger partial charge in [0.05, 0.1) is 11.4 Å². The molecule has 2 aromatic rings. The number of aryl methyl sites for hydroxylation is 2. The van der Waals surface area contributed by atoms with Gasteiger partial charge < -0.3 is 10.2 Å². The number of hydrogen-bond donors (Lipinski definition) is 1. The van der Waals surface area contributed by atoms with Gasteiger partial charge in [0.15, 0.2) is 0 Å². The number of anilines is 1. The van der Waals surface area contributed by atoms with Crippen LogP contribution in [0.3, 0.4) is 0 Å². The second kappa shape index (κ2) is 7.83. The van der Waals surface area contributed by atoms with Gasteiger partial charge in [0.1, 0.15) is 5.82 Å². The Morgan fingerprint density at radius 3 is 2.65 bits per heavy atom. The number of nitrogens with one attached hydrogen (secondary N) is 1. The molecular formula is C22H32N4. The lowest BCUT2D eigenvalue weighted by Crippen LogP contribution is -2.31. The Morgan fingerprint density at radius 1 is 1.00 bits per heavy atom. The topological polar surface area (TPSA) is 33.1 Å². The molecule has 1 N–H and O–H groups in total. The summed E-state index contributed by atoms with van der Waals surface area (Å²) >= 11 is 0. The molecule has 0 unspecified atom stereocenters. The van der Waals surface area contributed by atoms with Crippen molar-refractivity contribution in [2.45, 2.75) is 58.8 Å². The number of nitrogens with zero attached hydrogens (tertiary/aromatic N) is 3. The Hall–Kier alpha value is -1.81. The summed E-state index contributed by atoms with van der Waals surface area (Å²) in [6, 6.07) is 6.68. The summed E-state index contributed by atoms with van der Waals surface area (Å²) in [5.41, 5.74) is 6.61. The zero-order chi connectivity index (χ0) is 17.9. The summed E-state index contributed by atoms with van der Waals surface area (Å²) in [6.45, 7) is 9.08. The molecule has 26 heavy (non-hydrogen) atoms. The maximum atomic E-state index is 5.09. The molecule has 4 nitrogen and oxygen atoms in total. The maximum absolute atomic E-state index is 5.09. The second-order valence-electron chi connectivity index (χ2n) is 7.99. The first kappa shape index (κ1) is 17.6. The van der Waals surface area contributed by atoms with Crippen LogP contribution < -0.4 is 5.32 Å². The van der Waals surface area contributed by atoms with E-state index in [2.05, 4.69) is 46.9 Å². The lowest BCUT2D eigenvalue weighted by Gasteiger charge is -2.26. The van der Waals surface area contributed by atoms with Gasteiger partial charge in [0, 0.05) is 25.1 Å². The van der Waals surface area contributed by atoms with E-state index >= 15 is 0 Å². The van der Waals surface area contributed by atoms with Crippen molar-refractivity contribution in [2.75, 3.05) is 31.5 Å². The quantitative estimate of drug-likeness (QED) is 0.892. The first-order valence-electron chi connectivity index (χ1n) is 10.4. The molecule has 1 aromatic heterocycles. The van der Waals surface area contributed by atoms with E-state index in [9.17, 15) is 0 Å². The summed E-state index contributed by atoms with van der Waals surface area (Å²) in [4.78, 5) is 2.62. The van der Waals surface area contributed by atoms with Crippen LogP contribution in [-0.2, 0) is 12.8 Å². The van der Waals surface area contributed by atoms with Gasteiger partial charge in [-0.15, -0.1) is 0 Å². The average Bonchev–Trinajstić information content (AvgIpc) is 2.83. The largest absolute Gasteiger partial charge is 0.370 e. The van der Waals surface area contributed by atoms with Crippen molar-refractivity contribution in [2.24, 2.45) is 0 Å². The molecule has 0 spiro atoms. The summed E-state index contributed by atoms with van der Waals surface area (Å²) < 4.78 is 2.17. The summed E-state index contributed by atoms with van der Waals surface area (Å²) in [5.74, 6) is 1.24. The van der Waals surface area contributed by atoms with Crippen LogP contribution in [-0.4, -0.2) is 40.9 Å². The van der Waals surface area contributed by atoms with E-state index in [-0.39, 0.29) is 0 Å². The number of hydrogen-bond acceptors (Lipinski definition) is 3. The van der Waals surface area contributed by atoms with E-state index in [1.54, 1.807) is 0 Å². The Bertz CT molecular complexity index is 756. The third-order valence-corrected chi connectivity index (χ3v) is 6.06. The van der Waals surface area contributed by atoms with Crippen molar-refractivity contribution < 1.29 is 0 Å². The molecule has 2 aliphatic heterocycles. The molecule has 0 bridgehead atoms. The maximum Gasteiger partial charge on any atom is 0.133 e. The normalized spacial score (nSPS) is 18.2. The van der Waals surface area contributed by atoms with Crippen LogP contribution in [0.15, 0.2) is 18.2 Å². The van der Waals surface area contributed by atoms with Crippen molar-refractivity contribution in [3.8, 4) is 5.69 Å². The van der Waals surface area contributed by atoms with E-state index in [0.29, 0.717) is 0 Å². The third kappa shape index (κ3) is 3.66. The number of likely N-dealkylation sites (tertiary alicyclic amines) is 1. The smallest absolute Gasteiger partial charge is 0.133 e. The second-order valence-corrected chi connectivity index (χ2v) is 7.99. The van der Waals surface area contributed by atoms with Crippen LogP contribution in [0.25, 0.3) is 5.69 Å². The minimum Gasteiger partial charge on any atom is -0.370 e. The fraction of sp³-hybridized carbons (Fsp3) is 0.591. The molecule has 3 heterocycles. The van der Waals surface area contributed by atoms with Crippen molar-refractivity contribution >= 4 is 5.82 Å². The molecule has 0 saturated carbocycles. The predicted molar refractivity (Wildman–Crippen MR) is 108 cm³/mol. The standard InChI is InChI=1S/C22H32N4/c1-17-9-10-19(16-18(17)2)26-22-20(8-4-5-12-23-22)21(24-26)11-15-25-13-6-3-7-14-25/h9-10,16,23H,3-8,11-15H2,1-2H3. The zero-order valence-electron chi connectivity index (χ0n) is 16.4. The average molecular weight is 353 g/mol. The number of benzene rings is 1. The lowest BCUT2D eigenvalue weighted by molar-refractivity contribution is 0.230. The molecular weight excluding hydrogens is 320 g/mol. The van der Waals surface area contributed by atoms with Crippen LogP contribution in [0.2, 0.25) is 0 Å². The molecule has 0 amide bonds. The molecule has 1 aromatic carbocycles. The van der Waals surface area contributed by atoms with Gasteiger partial charge in [-0.2, -0.15) is 5.10 Å². The van der Waals surface area contributed by atoms with Gasteiger partial charge in [-0.3, -0.25) is 0 Å². The highest BCUT2D eigenvalue weighted by molar-refractivity contribution is 5.55. The summed E-state index contributed by atoms with van der Waals surface area (Å²) in [7, 11) is 0. The van der Waals surface area contributed by atoms with Crippen LogP contribution in [0.1, 0.15) is 54.5 Å². The molecule has 0 aliphatic carbocycles. The van der Waals surface area contributed by atoms with Crippen molar-refractivity contribution in [1.82, 2.24) is 14.7 Å². The van der Waals surface area contributed by atoms with Crippen molar-refractivity contribution in [3.05, 3.63) is 40.6 Å². The summed E-state index contributed by atoms with van der Waals surface area (Å²) in [5, 5.41) is 8.76. The van der Waals surface area contributed by atoms with E-state index < -0.39 is 0 Å². The van der Waals surface area contributed by atoms with Gasteiger partial charge in [0.2, 0.25) is 0 Å². The Morgan fingerprint density at radius 2 is 1.85 bits per heavy atom. The molecule has 0 atom stereocenters. The Labute approximate surface area is 157 Å². The van der Waals surface area contributed by atoms with E-state index in [1.807, 2.05) is 0 Å². The Balaban J connectivity index is 1.63. The molecule has 1 saturated heterocycles. The molecule has 4 rings (SSSR count). The van der Waals surface area contributed by atoms with Gasteiger partial charge in [-0.05, 0) is 82.3 Å². The summed E-state index contributed by atoms with van der Waals surface area (Å²) in [6.07, 6.45) is 8.84. The monoisotopic (exact) mass is 352 g/mol. The molecule has 2 aliphatic rings. The highest BCUT2D eigenvalue weighted by Gasteiger charge is 2.21. The molecule has 140 valence electrons. The predicted octanol–water partition coefficient (Wildman–Crippen LogP) is 4.27. The molecule has 4 heteroatoms. The van der Waals surface area contributed by atoms with Crippen molar-refractivity contribution in [3.63, 3.8) is 0 Å². The van der Waals surface area contributed by atoms with Crippen LogP contribution in [0.4, 0.5) is 5.82 Å².